The van der Waals surface area contributed by atoms with Crippen LogP contribution < -0.4 is 10.6 Å². The van der Waals surface area contributed by atoms with E-state index in [9.17, 15) is 9.18 Å². The van der Waals surface area contributed by atoms with Gasteiger partial charge in [0.15, 0.2) is 5.13 Å². The molecule has 7 heteroatoms. The number of aromatic nitrogens is 1. The molecule has 2 heterocycles. The van der Waals surface area contributed by atoms with Crippen molar-refractivity contribution in [3.63, 3.8) is 0 Å². The average molecular weight is 356 g/mol. The second-order valence-electron chi connectivity index (χ2n) is 5.63. The standard InChI is InChI=1S/C16H18FN3OS.ClH/c1-10(12-7-18-8-12)15(21)20-16-19-9-14(22-16)6-11-2-4-13(17)5-3-11;/h2-5,9-10,12,18H,6-8H2,1H3,(H,19,20,21);1H. The van der Waals surface area contributed by atoms with Gasteiger partial charge in [-0.1, -0.05) is 19.1 Å². The fourth-order valence-corrected chi connectivity index (χ4v) is 3.20. The second-order valence-corrected chi connectivity index (χ2v) is 6.75. The molecule has 2 aromatic rings. The molecule has 0 bridgehead atoms. The lowest BCUT2D eigenvalue weighted by Gasteiger charge is -2.31. The molecule has 23 heavy (non-hydrogen) atoms. The van der Waals surface area contributed by atoms with E-state index in [1.54, 1.807) is 18.3 Å². The van der Waals surface area contributed by atoms with Gasteiger partial charge in [-0.15, -0.1) is 23.7 Å². The molecule has 1 fully saturated rings. The zero-order chi connectivity index (χ0) is 15.5. The van der Waals surface area contributed by atoms with E-state index in [-0.39, 0.29) is 30.0 Å². The third kappa shape index (κ3) is 4.50. The summed E-state index contributed by atoms with van der Waals surface area (Å²) in [6.45, 7) is 3.76. The van der Waals surface area contributed by atoms with Crippen molar-refractivity contribution in [3.05, 3.63) is 46.7 Å². The summed E-state index contributed by atoms with van der Waals surface area (Å²) in [7, 11) is 0. The zero-order valence-corrected chi connectivity index (χ0v) is 14.3. The summed E-state index contributed by atoms with van der Waals surface area (Å²) in [4.78, 5) is 17.4. The Labute approximate surface area is 144 Å². The summed E-state index contributed by atoms with van der Waals surface area (Å²) in [5.74, 6) is 0.194. The van der Waals surface area contributed by atoms with Crippen LogP contribution in [0.2, 0.25) is 0 Å². The fraction of sp³-hybridized carbons (Fsp3) is 0.375. The zero-order valence-electron chi connectivity index (χ0n) is 12.7. The Balaban J connectivity index is 0.00000192. The van der Waals surface area contributed by atoms with Crippen molar-refractivity contribution < 1.29 is 9.18 Å². The number of benzene rings is 1. The van der Waals surface area contributed by atoms with E-state index in [4.69, 9.17) is 0 Å². The molecule has 124 valence electrons. The molecular weight excluding hydrogens is 337 g/mol. The van der Waals surface area contributed by atoms with Crippen molar-refractivity contribution >= 4 is 34.8 Å². The van der Waals surface area contributed by atoms with Crippen LogP contribution >= 0.6 is 23.7 Å². The predicted molar refractivity (Wildman–Crippen MR) is 92.7 cm³/mol. The SMILES string of the molecule is CC(C(=O)Nc1ncc(Cc2ccc(F)cc2)s1)C1CNC1.Cl. The number of anilines is 1. The van der Waals surface area contributed by atoms with E-state index in [1.807, 2.05) is 6.92 Å². The van der Waals surface area contributed by atoms with E-state index < -0.39 is 0 Å². The molecule has 0 radical (unpaired) electrons. The van der Waals surface area contributed by atoms with Crippen LogP contribution in [-0.2, 0) is 11.2 Å². The molecule has 4 nitrogen and oxygen atoms in total. The molecule has 2 N–H and O–H groups in total. The molecule has 1 atom stereocenters. The molecular formula is C16H19ClFN3OS. The lowest BCUT2D eigenvalue weighted by atomic mass is 9.88. The Bertz CT molecular complexity index is 658. The Morgan fingerprint density at radius 2 is 2.13 bits per heavy atom. The lowest BCUT2D eigenvalue weighted by molar-refractivity contribution is -0.121. The lowest BCUT2D eigenvalue weighted by Crippen LogP contribution is -2.48. The van der Waals surface area contributed by atoms with Gasteiger partial charge in [0, 0.05) is 23.4 Å². The van der Waals surface area contributed by atoms with Crippen molar-refractivity contribution in [2.75, 3.05) is 18.4 Å². The largest absolute Gasteiger partial charge is 0.316 e. The summed E-state index contributed by atoms with van der Waals surface area (Å²) in [6, 6.07) is 6.43. The molecule has 1 saturated heterocycles. The van der Waals surface area contributed by atoms with Gasteiger partial charge in [-0.3, -0.25) is 4.79 Å². The molecule has 1 amide bonds. The molecule has 1 aromatic carbocycles. The summed E-state index contributed by atoms with van der Waals surface area (Å²) in [5.41, 5.74) is 1.02. The summed E-state index contributed by atoms with van der Waals surface area (Å²) >= 11 is 1.46. The van der Waals surface area contributed by atoms with Crippen molar-refractivity contribution in [2.24, 2.45) is 11.8 Å². The first-order chi connectivity index (χ1) is 10.6. The number of nitrogens with zero attached hydrogens (tertiary/aromatic N) is 1. The summed E-state index contributed by atoms with van der Waals surface area (Å²) in [5, 5.41) is 6.69. The maximum Gasteiger partial charge on any atom is 0.229 e. The van der Waals surface area contributed by atoms with Gasteiger partial charge in [-0.2, -0.15) is 0 Å². The molecule has 0 aliphatic carbocycles. The third-order valence-corrected chi connectivity index (χ3v) is 4.92. The molecule has 1 unspecified atom stereocenters. The van der Waals surface area contributed by atoms with Crippen LogP contribution in [0.25, 0.3) is 0 Å². The van der Waals surface area contributed by atoms with Gasteiger partial charge in [-0.25, -0.2) is 9.37 Å². The van der Waals surface area contributed by atoms with E-state index in [1.165, 1.54) is 23.5 Å². The van der Waals surface area contributed by atoms with Crippen LogP contribution in [0.5, 0.6) is 0 Å². The molecule has 1 aromatic heterocycles. The van der Waals surface area contributed by atoms with Crippen molar-refractivity contribution in [3.8, 4) is 0 Å². The molecule has 1 aliphatic heterocycles. The van der Waals surface area contributed by atoms with Gasteiger partial charge >= 0.3 is 0 Å². The highest BCUT2D eigenvalue weighted by atomic mass is 35.5. The first kappa shape index (κ1) is 17.8. The van der Waals surface area contributed by atoms with Crippen molar-refractivity contribution in [2.45, 2.75) is 13.3 Å². The smallest absolute Gasteiger partial charge is 0.229 e. The first-order valence-electron chi connectivity index (χ1n) is 7.32. The number of halogens is 2. The number of carbonyl (C=O) groups excluding carboxylic acids is 1. The highest BCUT2D eigenvalue weighted by Crippen LogP contribution is 2.23. The molecule has 1 aliphatic rings. The van der Waals surface area contributed by atoms with E-state index in [2.05, 4.69) is 15.6 Å². The van der Waals surface area contributed by atoms with Crippen LogP contribution in [0.4, 0.5) is 9.52 Å². The predicted octanol–water partition coefficient (Wildman–Crippen LogP) is 3.09. The minimum atomic E-state index is -0.236. The average Bonchev–Trinajstić information content (AvgIpc) is 2.86. The Morgan fingerprint density at radius 1 is 1.43 bits per heavy atom. The Hall–Kier alpha value is -1.50. The highest BCUT2D eigenvalue weighted by molar-refractivity contribution is 7.15. The molecule has 0 saturated carbocycles. The maximum absolute atomic E-state index is 12.9. The van der Waals surface area contributed by atoms with Crippen molar-refractivity contribution in [1.82, 2.24) is 10.3 Å². The summed E-state index contributed by atoms with van der Waals surface area (Å²) in [6.07, 6.45) is 2.45. The number of amides is 1. The molecule has 0 spiro atoms. The van der Waals surface area contributed by atoms with Crippen LogP contribution in [0, 0.1) is 17.7 Å². The van der Waals surface area contributed by atoms with Gasteiger partial charge in [-0.05, 0) is 36.7 Å². The van der Waals surface area contributed by atoms with Crippen LogP contribution in [-0.4, -0.2) is 24.0 Å². The Morgan fingerprint density at radius 3 is 2.74 bits per heavy atom. The molecule has 3 rings (SSSR count). The number of hydrogen-bond acceptors (Lipinski definition) is 4. The van der Waals surface area contributed by atoms with Gasteiger partial charge in [0.2, 0.25) is 5.91 Å². The van der Waals surface area contributed by atoms with Gasteiger partial charge < -0.3 is 10.6 Å². The minimum absolute atomic E-state index is 0. The quantitative estimate of drug-likeness (QED) is 0.866. The second kappa shape index (κ2) is 7.86. The monoisotopic (exact) mass is 355 g/mol. The maximum atomic E-state index is 12.9. The summed E-state index contributed by atoms with van der Waals surface area (Å²) < 4.78 is 12.9. The fourth-order valence-electron chi connectivity index (χ4n) is 2.35. The van der Waals surface area contributed by atoms with Crippen LogP contribution in [0.1, 0.15) is 17.4 Å². The van der Waals surface area contributed by atoms with Crippen molar-refractivity contribution in [1.29, 1.82) is 0 Å². The van der Waals surface area contributed by atoms with E-state index in [0.717, 1.165) is 23.5 Å². The number of nitrogens with one attached hydrogen (secondary N) is 2. The number of hydrogen-bond donors (Lipinski definition) is 2. The first-order valence-corrected chi connectivity index (χ1v) is 8.14. The third-order valence-electron chi connectivity index (χ3n) is 4.01. The number of thiazole rings is 1. The normalized spacial score (nSPS) is 15.4. The van der Waals surface area contributed by atoms with E-state index in [0.29, 0.717) is 17.5 Å². The van der Waals surface area contributed by atoms with Gasteiger partial charge in [0.1, 0.15) is 5.82 Å². The van der Waals surface area contributed by atoms with Crippen LogP contribution in [0.15, 0.2) is 30.5 Å². The Kier molecular flexibility index (Phi) is 6.10. The van der Waals surface area contributed by atoms with E-state index >= 15 is 0 Å². The number of carbonyl (C=O) groups is 1. The minimum Gasteiger partial charge on any atom is -0.316 e. The van der Waals surface area contributed by atoms with Crippen LogP contribution in [0.3, 0.4) is 0 Å². The van der Waals surface area contributed by atoms with Gasteiger partial charge in [0.25, 0.3) is 0 Å². The topological polar surface area (TPSA) is 54.0 Å². The van der Waals surface area contributed by atoms with Gasteiger partial charge in [0.05, 0.1) is 0 Å². The highest BCUT2D eigenvalue weighted by Gasteiger charge is 2.29. The number of rotatable bonds is 5.